The predicted octanol–water partition coefficient (Wildman–Crippen LogP) is 4.01. The highest BCUT2D eigenvalue weighted by Crippen LogP contribution is 2.37. The fourth-order valence-corrected chi connectivity index (χ4v) is 1.96. The molecule has 0 saturated heterocycles. The fourth-order valence-electron chi connectivity index (χ4n) is 1.96. The Morgan fingerprint density at radius 1 is 1.33 bits per heavy atom. The van der Waals surface area contributed by atoms with Gasteiger partial charge in [0, 0.05) is 5.56 Å². The zero-order chi connectivity index (χ0) is 15.6. The van der Waals surface area contributed by atoms with Crippen LogP contribution in [0.1, 0.15) is 35.2 Å². The molecule has 0 spiro atoms. The van der Waals surface area contributed by atoms with Gasteiger partial charge in [-0.2, -0.15) is 13.2 Å². The molecule has 21 heavy (non-hydrogen) atoms. The zero-order valence-electron chi connectivity index (χ0n) is 11.1. The summed E-state index contributed by atoms with van der Waals surface area (Å²) in [5.41, 5.74) is -1.03. The Balaban J connectivity index is 2.58. The Morgan fingerprint density at radius 3 is 2.57 bits per heavy atom. The van der Waals surface area contributed by atoms with Gasteiger partial charge in [-0.25, -0.2) is 9.78 Å². The number of hydrogen-bond acceptors (Lipinski definition) is 3. The van der Waals surface area contributed by atoms with Crippen LogP contribution in [0.4, 0.5) is 13.2 Å². The highest BCUT2D eigenvalue weighted by Gasteiger charge is 2.35. The van der Waals surface area contributed by atoms with E-state index in [-0.39, 0.29) is 17.1 Å². The first-order chi connectivity index (χ1) is 9.84. The highest BCUT2D eigenvalue weighted by molar-refractivity contribution is 5.86. The van der Waals surface area contributed by atoms with Crippen molar-refractivity contribution < 1.29 is 27.5 Å². The van der Waals surface area contributed by atoms with Crippen molar-refractivity contribution in [2.24, 2.45) is 0 Å². The molecule has 0 aliphatic heterocycles. The van der Waals surface area contributed by atoms with E-state index in [1.807, 2.05) is 6.92 Å². The van der Waals surface area contributed by atoms with Crippen LogP contribution in [0.3, 0.4) is 0 Å². The first-order valence-electron chi connectivity index (χ1n) is 6.24. The summed E-state index contributed by atoms with van der Waals surface area (Å²) < 4.78 is 43.9. The van der Waals surface area contributed by atoms with Crippen molar-refractivity contribution in [3.63, 3.8) is 0 Å². The number of aryl methyl sites for hydroxylation is 1. The lowest BCUT2D eigenvalue weighted by Gasteiger charge is -2.09. The quantitative estimate of drug-likeness (QED) is 0.926. The Labute approximate surface area is 118 Å². The maximum atomic E-state index is 13.0. The lowest BCUT2D eigenvalue weighted by atomic mass is 10.1. The number of hydrogen-bond donors (Lipinski definition) is 1. The molecule has 0 amide bonds. The number of carboxylic acids is 1. The topological polar surface area (TPSA) is 63.3 Å². The summed E-state index contributed by atoms with van der Waals surface area (Å²) in [6.07, 6.45) is -3.65. The van der Waals surface area contributed by atoms with E-state index in [1.165, 1.54) is 18.2 Å². The van der Waals surface area contributed by atoms with Crippen LogP contribution in [0.5, 0.6) is 0 Å². The molecule has 4 nitrogen and oxygen atoms in total. The van der Waals surface area contributed by atoms with Gasteiger partial charge in [-0.05, 0) is 18.6 Å². The minimum Gasteiger partial charge on any atom is -0.475 e. The molecule has 1 heterocycles. The van der Waals surface area contributed by atoms with Crippen LogP contribution in [-0.2, 0) is 12.6 Å². The van der Waals surface area contributed by atoms with E-state index >= 15 is 0 Å². The van der Waals surface area contributed by atoms with Gasteiger partial charge < -0.3 is 9.52 Å². The van der Waals surface area contributed by atoms with Crippen molar-refractivity contribution in [2.45, 2.75) is 25.9 Å². The number of carboxylic acid groups (broad SMARTS) is 1. The third-order valence-electron chi connectivity index (χ3n) is 2.84. The second-order valence-corrected chi connectivity index (χ2v) is 4.39. The molecule has 2 rings (SSSR count). The fraction of sp³-hybridized carbons (Fsp3) is 0.286. The number of nitrogens with zero attached hydrogens (tertiary/aromatic N) is 1. The number of oxazole rings is 1. The summed E-state index contributed by atoms with van der Waals surface area (Å²) in [4.78, 5) is 15.0. The van der Waals surface area contributed by atoms with E-state index in [1.54, 1.807) is 0 Å². The summed E-state index contributed by atoms with van der Waals surface area (Å²) in [5.74, 6) is -2.09. The third-order valence-corrected chi connectivity index (χ3v) is 2.84. The SMILES string of the molecule is CCCc1nc(-c2ccccc2C(F)(F)F)oc1C(=O)O. The van der Waals surface area contributed by atoms with E-state index in [0.29, 0.717) is 12.8 Å². The van der Waals surface area contributed by atoms with Crippen LogP contribution >= 0.6 is 0 Å². The molecule has 0 radical (unpaired) electrons. The van der Waals surface area contributed by atoms with Crippen molar-refractivity contribution in [1.82, 2.24) is 4.98 Å². The van der Waals surface area contributed by atoms with Crippen molar-refractivity contribution in [3.8, 4) is 11.5 Å². The van der Waals surface area contributed by atoms with E-state index < -0.39 is 23.5 Å². The van der Waals surface area contributed by atoms with Gasteiger partial charge in [-0.15, -0.1) is 0 Å². The molecule has 0 saturated carbocycles. The largest absolute Gasteiger partial charge is 0.475 e. The molecule has 2 aromatic rings. The van der Waals surface area contributed by atoms with Crippen molar-refractivity contribution >= 4 is 5.97 Å². The first-order valence-corrected chi connectivity index (χ1v) is 6.24. The van der Waals surface area contributed by atoms with Gasteiger partial charge in [0.15, 0.2) is 0 Å². The maximum Gasteiger partial charge on any atom is 0.417 e. The molecule has 1 aromatic carbocycles. The second kappa shape index (κ2) is 5.59. The molecule has 0 bridgehead atoms. The Hall–Kier alpha value is -2.31. The summed E-state index contributed by atoms with van der Waals surface area (Å²) in [6.45, 7) is 1.81. The molecule has 7 heteroatoms. The molecule has 0 atom stereocenters. The average molecular weight is 299 g/mol. The Kier molecular flexibility index (Phi) is 4.02. The highest BCUT2D eigenvalue weighted by atomic mass is 19.4. The van der Waals surface area contributed by atoms with E-state index in [2.05, 4.69) is 4.98 Å². The molecule has 1 aromatic heterocycles. The average Bonchev–Trinajstić information content (AvgIpc) is 2.82. The van der Waals surface area contributed by atoms with Gasteiger partial charge in [-0.3, -0.25) is 0 Å². The van der Waals surface area contributed by atoms with E-state index in [9.17, 15) is 18.0 Å². The van der Waals surface area contributed by atoms with Gasteiger partial charge in [0.05, 0.1) is 11.3 Å². The summed E-state index contributed by atoms with van der Waals surface area (Å²) in [6, 6.07) is 4.77. The first kappa shape index (κ1) is 15.1. The van der Waals surface area contributed by atoms with Gasteiger partial charge >= 0.3 is 12.1 Å². The second-order valence-electron chi connectivity index (χ2n) is 4.39. The minimum atomic E-state index is -4.57. The van der Waals surface area contributed by atoms with Crippen LogP contribution in [0, 0.1) is 0 Å². The molecular weight excluding hydrogens is 287 g/mol. The van der Waals surface area contributed by atoms with Crippen LogP contribution in [0.2, 0.25) is 0 Å². The monoisotopic (exact) mass is 299 g/mol. The molecule has 0 unspecified atom stereocenters. The molecule has 0 fully saturated rings. The normalized spacial score (nSPS) is 11.6. The van der Waals surface area contributed by atoms with Gasteiger partial charge in [0.1, 0.15) is 0 Å². The number of aromatic carboxylic acids is 1. The van der Waals surface area contributed by atoms with Crippen LogP contribution < -0.4 is 0 Å². The number of benzene rings is 1. The third kappa shape index (κ3) is 3.07. The van der Waals surface area contributed by atoms with E-state index in [4.69, 9.17) is 9.52 Å². The van der Waals surface area contributed by atoms with Crippen LogP contribution in [0.15, 0.2) is 28.7 Å². The number of alkyl halides is 3. The minimum absolute atomic E-state index is 0.150. The van der Waals surface area contributed by atoms with Gasteiger partial charge in [-0.1, -0.05) is 25.5 Å². The lowest BCUT2D eigenvalue weighted by molar-refractivity contribution is -0.137. The molecule has 0 aliphatic rings. The molecular formula is C14H12F3NO3. The lowest BCUT2D eigenvalue weighted by Crippen LogP contribution is -2.06. The maximum absolute atomic E-state index is 13.0. The summed E-state index contributed by atoms with van der Waals surface area (Å²) in [5, 5.41) is 9.03. The zero-order valence-corrected chi connectivity index (χ0v) is 11.1. The van der Waals surface area contributed by atoms with Crippen molar-refractivity contribution in [1.29, 1.82) is 0 Å². The van der Waals surface area contributed by atoms with Crippen molar-refractivity contribution in [3.05, 3.63) is 41.3 Å². The summed E-state index contributed by atoms with van der Waals surface area (Å²) >= 11 is 0. The summed E-state index contributed by atoms with van der Waals surface area (Å²) in [7, 11) is 0. The molecule has 1 N–H and O–H groups in total. The number of aromatic nitrogens is 1. The van der Waals surface area contributed by atoms with Crippen LogP contribution in [-0.4, -0.2) is 16.1 Å². The predicted molar refractivity (Wildman–Crippen MR) is 67.9 cm³/mol. The molecule has 112 valence electrons. The van der Waals surface area contributed by atoms with Crippen LogP contribution in [0.25, 0.3) is 11.5 Å². The molecule has 0 aliphatic carbocycles. The smallest absolute Gasteiger partial charge is 0.417 e. The Bertz CT molecular complexity index is 662. The Morgan fingerprint density at radius 2 is 2.00 bits per heavy atom. The van der Waals surface area contributed by atoms with Crippen molar-refractivity contribution in [2.75, 3.05) is 0 Å². The van der Waals surface area contributed by atoms with Gasteiger partial charge in [0.25, 0.3) is 0 Å². The number of rotatable bonds is 4. The number of carbonyl (C=O) groups is 1. The standard InChI is InChI=1S/C14H12F3NO3/c1-2-5-10-11(13(19)20)21-12(18-10)8-6-3-4-7-9(8)14(15,16)17/h3-4,6-7H,2,5H2,1H3,(H,19,20). The van der Waals surface area contributed by atoms with E-state index in [0.717, 1.165) is 6.07 Å². The van der Waals surface area contributed by atoms with Gasteiger partial charge in [0.2, 0.25) is 11.7 Å². The number of halogens is 3.